The van der Waals surface area contributed by atoms with Crippen molar-refractivity contribution in [3.8, 4) is 5.75 Å². The van der Waals surface area contributed by atoms with Crippen molar-refractivity contribution >= 4 is 17.5 Å². The molecule has 0 N–H and O–H groups in total. The summed E-state index contributed by atoms with van der Waals surface area (Å²) in [7, 11) is 1.72. The number of carbonyl (C=O) groups is 1. The summed E-state index contributed by atoms with van der Waals surface area (Å²) in [5, 5.41) is 0. The van der Waals surface area contributed by atoms with Crippen molar-refractivity contribution < 1.29 is 9.53 Å². The maximum Gasteiger partial charge on any atom is 0.325 e. The van der Waals surface area contributed by atoms with Crippen LogP contribution in [0.2, 0.25) is 0 Å². The van der Waals surface area contributed by atoms with Crippen molar-refractivity contribution in [2.45, 2.75) is 19.3 Å². The second kappa shape index (κ2) is 10.5. The number of piperidine rings is 1. The second-order valence-corrected chi connectivity index (χ2v) is 8.17. The molecule has 2 aliphatic rings. The van der Waals surface area contributed by atoms with Crippen molar-refractivity contribution in [2.75, 3.05) is 69.3 Å². The van der Waals surface area contributed by atoms with Gasteiger partial charge in [-0.3, -0.25) is 9.80 Å². The monoisotopic (exact) mass is 423 g/mol. The SMILES string of the molecule is COc1ccccc1N1CCN(CCN(C(=O)N2CCCCC2)c2ccccn2)CC1. The Morgan fingerprint density at radius 3 is 2.42 bits per heavy atom. The standard InChI is InChI=1S/C24H33N5O2/c1-31-22-10-4-3-9-21(22)27-18-15-26(16-19-27)17-20-29(23-11-5-6-12-25-23)24(30)28-13-7-2-8-14-28/h3-6,9-12H,2,7-8,13-20H2,1H3. The molecular formula is C24H33N5O2. The van der Waals surface area contributed by atoms with Crippen LogP contribution in [0.4, 0.5) is 16.3 Å². The fourth-order valence-electron chi connectivity index (χ4n) is 4.42. The largest absolute Gasteiger partial charge is 0.495 e. The van der Waals surface area contributed by atoms with Crippen molar-refractivity contribution in [2.24, 2.45) is 0 Å². The number of likely N-dealkylation sites (tertiary alicyclic amines) is 1. The molecule has 1 aromatic carbocycles. The van der Waals surface area contributed by atoms with E-state index in [2.05, 4.69) is 26.9 Å². The van der Waals surface area contributed by atoms with Crippen LogP contribution in [0.1, 0.15) is 19.3 Å². The molecule has 3 heterocycles. The molecule has 1 aromatic heterocycles. The first-order valence-electron chi connectivity index (χ1n) is 11.3. The molecule has 0 saturated carbocycles. The lowest BCUT2D eigenvalue weighted by molar-refractivity contribution is 0.190. The van der Waals surface area contributed by atoms with E-state index in [0.29, 0.717) is 6.54 Å². The van der Waals surface area contributed by atoms with Crippen LogP contribution in [0.3, 0.4) is 0 Å². The molecule has 0 unspecified atom stereocenters. The number of ether oxygens (including phenoxy) is 1. The number of amides is 2. The Labute approximate surface area is 185 Å². The highest BCUT2D eigenvalue weighted by atomic mass is 16.5. The molecule has 7 nitrogen and oxygen atoms in total. The lowest BCUT2D eigenvalue weighted by Gasteiger charge is -2.38. The molecule has 2 saturated heterocycles. The summed E-state index contributed by atoms with van der Waals surface area (Å²) in [6.45, 7) is 7.02. The molecule has 0 spiro atoms. The van der Waals surface area contributed by atoms with E-state index < -0.39 is 0 Å². The number of methoxy groups -OCH3 is 1. The zero-order valence-corrected chi connectivity index (χ0v) is 18.4. The summed E-state index contributed by atoms with van der Waals surface area (Å²) in [5.74, 6) is 1.66. The van der Waals surface area contributed by atoms with Gasteiger partial charge in [0.25, 0.3) is 0 Å². The number of anilines is 2. The quantitative estimate of drug-likeness (QED) is 0.713. The van der Waals surface area contributed by atoms with Crippen LogP contribution >= 0.6 is 0 Å². The maximum absolute atomic E-state index is 13.3. The predicted molar refractivity (Wildman–Crippen MR) is 124 cm³/mol. The molecule has 2 amide bonds. The molecule has 2 aliphatic heterocycles. The first-order chi connectivity index (χ1) is 15.3. The molecule has 4 rings (SSSR count). The van der Waals surface area contributed by atoms with Gasteiger partial charge >= 0.3 is 6.03 Å². The molecule has 0 atom stereocenters. The summed E-state index contributed by atoms with van der Waals surface area (Å²) in [4.78, 5) is 26.4. The molecule has 31 heavy (non-hydrogen) atoms. The van der Waals surface area contributed by atoms with Crippen LogP contribution in [-0.4, -0.2) is 80.3 Å². The smallest absolute Gasteiger partial charge is 0.325 e. The third kappa shape index (κ3) is 5.28. The molecule has 7 heteroatoms. The first kappa shape index (κ1) is 21.4. The van der Waals surface area contributed by atoms with Gasteiger partial charge in [0.05, 0.1) is 12.8 Å². The van der Waals surface area contributed by atoms with Crippen LogP contribution in [0.5, 0.6) is 5.75 Å². The molecule has 0 bridgehead atoms. The minimum Gasteiger partial charge on any atom is -0.495 e. The highest BCUT2D eigenvalue weighted by Gasteiger charge is 2.26. The average Bonchev–Trinajstić information content (AvgIpc) is 2.85. The lowest BCUT2D eigenvalue weighted by atomic mass is 10.1. The summed E-state index contributed by atoms with van der Waals surface area (Å²) < 4.78 is 5.53. The Balaban J connectivity index is 1.36. The molecular weight excluding hydrogens is 390 g/mol. The first-order valence-corrected chi connectivity index (χ1v) is 11.3. The fraction of sp³-hybridized carbons (Fsp3) is 0.500. The number of rotatable bonds is 6. The predicted octanol–water partition coefficient (Wildman–Crippen LogP) is 3.32. The number of aromatic nitrogens is 1. The Kier molecular flexibility index (Phi) is 7.25. The summed E-state index contributed by atoms with van der Waals surface area (Å²) >= 11 is 0. The normalized spacial score (nSPS) is 17.5. The number of pyridine rings is 1. The molecule has 2 fully saturated rings. The second-order valence-electron chi connectivity index (χ2n) is 8.17. The number of hydrogen-bond donors (Lipinski definition) is 0. The van der Waals surface area contributed by atoms with Gasteiger partial charge in [0.2, 0.25) is 0 Å². The number of para-hydroxylation sites is 2. The van der Waals surface area contributed by atoms with E-state index in [0.717, 1.165) is 75.9 Å². The van der Waals surface area contributed by atoms with E-state index in [1.54, 1.807) is 13.3 Å². The molecule has 0 radical (unpaired) electrons. The summed E-state index contributed by atoms with van der Waals surface area (Å²) in [6, 6.07) is 14.1. The molecule has 2 aromatic rings. The van der Waals surface area contributed by atoms with Gasteiger partial charge in [0.15, 0.2) is 0 Å². The van der Waals surface area contributed by atoms with Gasteiger partial charge < -0.3 is 14.5 Å². The van der Waals surface area contributed by atoms with E-state index in [9.17, 15) is 4.79 Å². The van der Waals surface area contributed by atoms with Crippen LogP contribution in [0.25, 0.3) is 0 Å². The minimum absolute atomic E-state index is 0.0889. The van der Waals surface area contributed by atoms with Crippen molar-refractivity contribution in [1.29, 1.82) is 0 Å². The number of hydrogen-bond acceptors (Lipinski definition) is 5. The van der Waals surface area contributed by atoms with Crippen LogP contribution in [0.15, 0.2) is 48.7 Å². The number of benzene rings is 1. The van der Waals surface area contributed by atoms with Crippen molar-refractivity contribution in [3.05, 3.63) is 48.7 Å². The third-order valence-corrected chi connectivity index (χ3v) is 6.22. The number of carbonyl (C=O) groups excluding carboxylic acids is 1. The van der Waals surface area contributed by atoms with E-state index >= 15 is 0 Å². The average molecular weight is 424 g/mol. The Morgan fingerprint density at radius 2 is 1.71 bits per heavy atom. The van der Waals surface area contributed by atoms with Gasteiger partial charge in [0, 0.05) is 58.6 Å². The zero-order chi connectivity index (χ0) is 21.5. The topological polar surface area (TPSA) is 52.2 Å². The lowest BCUT2D eigenvalue weighted by Crippen LogP contribution is -2.51. The van der Waals surface area contributed by atoms with Gasteiger partial charge in [-0.25, -0.2) is 9.78 Å². The van der Waals surface area contributed by atoms with E-state index in [4.69, 9.17) is 4.74 Å². The van der Waals surface area contributed by atoms with E-state index in [1.165, 1.54) is 6.42 Å². The van der Waals surface area contributed by atoms with Crippen LogP contribution in [-0.2, 0) is 0 Å². The zero-order valence-electron chi connectivity index (χ0n) is 18.4. The number of nitrogens with zero attached hydrogens (tertiary/aromatic N) is 5. The Bertz CT molecular complexity index is 833. The summed E-state index contributed by atoms with van der Waals surface area (Å²) in [5.41, 5.74) is 1.15. The van der Waals surface area contributed by atoms with E-state index in [1.807, 2.05) is 40.1 Å². The Morgan fingerprint density at radius 1 is 0.968 bits per heavy atom. The summed E-state index contributed by atoms with van der Waals surface area (Å²) in [6.07, 6.45) is 5.15. The van der Waals surface area contributed by atoms with Crippen LogP contribution < -0.4 is 14.5 Å². The molecule has 0 aliphatic carbocycles. The minimum atomic E-state index is 0.0889. The maximum atomic E-state index is 13.3. The van der Waals surface area contributed by atoms with Gasteiger partial charge in [0.1, 0.15) is 11.6 Å². The highest BCUT2D eigenvalue weighted by molar-refractivity contribution is 5.91. The highest BCUT2D eigenvalue weighted by Crippen LogP contribution is 2.28. The van der Waals surface area contributed by atoms with Crippen molar-refractivity contribution in [1.82, 2.24) is 14.8 Å². The number of urea groups is 1. The van der Waals surface area contributed by atoms with E-state index in [-0.39, 0.29) is 6.03 Å². The Hall–Kier alpha value is -2.80. The third-order valence-electron chi connectivity index (χ3n) is 6.22. The van der Waals surface area contributed by atoms with Crippen LogP contribution in [0, 0.1) is 0 Å². The van der Waals surface area contributed by atoms with Gasteiger partial charge in [-0.05, 0) is 43.5 Å². The number of piperazine rings is 1. The van der Waals surface area contributed by atoms with Gasteiger partial charge in [-0.15, -0.1) is 0 Å². The van der Waals surface area contributed by atoms with Crippen molar-refractivity contribution in [3.63, 3.8) is 0 Å². The fourth-order valence-corrected chi connectivity index (χ4v) is 4.42. The van der Waals surface area contributed by atoms with Gasteiger partial charge in [-0.2, -0.15) is 0 Å². The van der Waals surface area contributed by atoms with Gasteiger partial charge in [-0.1, -0.05) is 18.2 Å². The molecule has 166 valence electrons.